The third kappa shape index (κ3) is 22.5. The van der Waals surface area contributed by atoms with Gasteiger partial charge in [0.2, 0.25) is 5.13 Å². The molecule has 84 heavy (non-hydrogen) atoms. The van der Waals surface area contributed by atoms with Crippen LogP contribution in [0.1, 0.15) is 141 Å². The summed E-state index contributed by atoms with van der Waals surface area (Å²) in [5.41, 5.74) is 1.51. The maximum atomic E-state index is 13.7. The fourth-order valence-corrected chi connectivity index (χ4v) is 10.7. The van der Waals surface area contributed by atoms with Crippen LogP contribution < -0.4 is 33.6 Å². The molecule has 0 spiro atoms. The highest BCUT2D eigenvalue weighted by Crippen LogP contribution is 2.34. The van der Waals surface area contributed by atoms with Crippen LogP contribution in [0.3, 0.4) is 0 Å². The minimum absolute atomic E-state index is 0.0329. The number of carbonyl (C=O) groups is 4. The standard InChI is InChI=1S/C67H81N3O13S/c1-4-7-8-15-41-70(67-69-60-20-13-14-21-62(60)84-67)68-48-54-47-59(82-66(74)53-28-24-51(25-29-53)49-80-83-58-36-32-56(33-37-58)76-43-17-10-12-19-45-79-64(72)6-3)38-39-61(54)77-46-40-50-22-26-52(27-23-50)65(73)81-57-34-30-55(31-35-57)75-42-16-9-11-18-44-78-63(71)5-2/h5-6,13-14,20-21,30-39,47-48,50-53H,2-4,7-12,15-19,22-29,41-45,49H2,1H3/b68-48+. The Morgan fingerprint density at radius 2 is 1.18 bits per heavy atom. The Labute approximate surface area is 498 Å². The van der Waals surface area contributed by atoms with Crippen molar-refractivity contribution >= 4 is 56.8 Å². The normalized spacial score (nSPS) is 16.6. The second-order valence-electron chi connectivity index (χ2n) is 21.1. The van der Waals surface area contributed by atoms with Crippen molar-refractivity contribution in [2.75, 3.05) is 44.6 Å². The van der Waals surface area contributed by atoms with Gasteiger partial charge in [-0.25, -0.2) is 19.6 Å². The number of anilines is 1. The highest BCUT2D eigenvalue weighted by molar-refractivity contribution is 7.22. The van der Waals surface area contributed by atoms with Crippen LogP contribution in [0.5, 0.6) is 34.5 Å². The van der Waals surface area contributed by atoms with E-state index in [1.165, 1.54) is 12.2 Å². The lowest BCUT2D eigenvalue weighted by atomic mass is 9.82. The fourth-order valence-electron chi connectivity index (χ4n) is 9.73. The van der Waals surface area contributed by atoms with Crippen LogP contribution in [0, 0.1) is 35.7 Å². The molecular weight excluding hydrogens is 1090 g/mol. The monoisotopic (exact) mass is 1170 g/mol. The van der Waals surface area contributed by atoms with Crippen LogP contribution in [-0.2, 0) is 33.5 Å². The molecule has 0 bridgehead atoms. The minimum Gasteiger partial charge on any atom is -0.494 e. The van der Waals surface area contributed by atoms with Crippen molar-refractivity contribution in [1.29, 1.82) is 0 Å². The van der Waals surface area contributed by atoms with Crippen molar-refractivity contribution in [2.24, 2.45) is 28.8 Å². The number of para-hydroxylation sites is 1. The lowest BCUT2D eigenvalue weighted by Gasteiger charge is -2.26. The maximum Gasteiger partial charge on any atom is 0.330 e. The van der Waals surface area contributed by atoms with E-state index in [0.29, 0.717) is 99.6 Å². The van der Waals surface area contributed by atoms with Crippen LogP contribution in [-0.4, -0.2) is 74.7 Å². The van der Waals surface area contributed by atoms with Crippen LogP contribution in [0.15, 0.2) is 121 Å². The Kier molecular flexibility index (Phi) is 27.5. The molecule has 0 atom stereocenters. The Hall–Kier alpha value is -7.68. The zero-order valence-electron chi connectivity index (χ0n) is 48.6. The smallest absolute Gasteiger partial charge is 0.330 e. The molecule has 16 nitrogen and oxygen atoms in total. The van der Waals surface area contributed by atoms with E-state index in [4.69, 9.17) is 53.0 Å². The van der Waals surface area contributed by atoms with Gasteiger partial charge >= 0.3 is 23.9 Å². The first kappa shape index (κ1) is 63.9. The molecule has 2 aliphatic rings. The number of carbonyl (C=O) groups excluding carboxylic acids is 4. The van der Waals surface area contributed by atoms with E-state index in [1.54, 1.807) is 60.0 Å². The number of ether oxygens (including phenoxy) is 7. The summed E-state index contributed by atoms with van der Waals surface area (Å²) >= 11 is 1.59. The molecule has 1 heterocycles. The SMILES string of the molecule is C=CC(=O)OCCCCCCOc1ccc(OOCC2CCC(C(=O)Oc3ccc(OC#CC4CCC(C(=O)Oc5ccc(OCCCCCCOC(=O)C=C)cc5)CC4)c(/C=N/N(CCCCCC)c4nc5ccccc5s4)c3)CC2)cc1. The zero-order chi connectivity index (χ0) is 59.0. The lowest BCUT2D eigenvalue weighted by molar-refractivity contribution is -0.218. The van der Waals surface area contributed by atoms with Gasteiger partial charge in [-0.05, 0) is 194 Å². The van der Waals surface area contributed by atoms with Gasteiger partial charge in [-0.15, -0.1) is 0 Å². The summed E-state index contributed by atoms with van der Waals surface area (Å²) in [6.45, 7) is 12.0. The number of rotatable bonds is 35. The Morgan fingerprint density at radius 3 is 1.79 bits per heavy atom. The first-order valence-corrected chi connectivity index (χ1v) is 30.7. The molecule has 4 aromatic carbocycles. The second-order valence-corrected chi connectivity index (χ2v) is 22.1. The predicted octanol–water partition coefficient (Wildman–Crippen LogP) is 14.5. The van der Waals surface area contributed by atoms with Gasteiger partial charge in [0.25, 0.3) is 0 Å². The number of fused-ring (bicyclic) bond motifs is 1. The Bertz CT molecular complexity index is 2900. The van der Waals surface area contributed by atoms with Gasteiger partial charge in [-0.3, -0.25) is 9.59 Å². The predicted molar refractivity (Wildman–Crippen MR) is 325 cm³/mol. The summed E-state index contributed by atoms with van der Waals surface area (Å²) in [5, 5.41) is 7.71. The van der Waals surface area contributed by atoms with E-state index in [9.17, 15) is 19.2 Å². The van der Waals surface area contributed by atoms with E-state index in [0.717, 1.165) is 124 Å². The van der Waals surface area contributed by atoms with Crippen molar-refractivity contribution in [3.63, 3.8) is 0 Å². The number of benzene rings is 4. The quantitative estimate of drug-likeness (QED) is 0.00546. The number of hydrazone groups is 1. The van der Waals surface area contributed by atoms with E-state index >= 15 is 0 Å². The lowest BCUT2D eigenvalue weighted by Crippen LogP contribution is -2.27. The largest absolute Gasteiger partial charge is 0.494 e. The fraction of sp³-hybridized carbons (Fsp3) is 0.463. The molecule has 7 rings (SSSR count). The minimum atomic E-state index is -0.399. The third-order valence-electron chi connectivity index (χ3n) is 14.7. The second kappa shape index (κ2) is 36.1. The van der Waals surface area contributed by atoms with Crippen molar-refractivity contribution in [1.82, 2.24) is 4.98 Å². The van der Waals surface area contributed by atoms with Crippen molar-refractivity contribution in [2.45, 2.75) is 135 Å². The number of hydrogen-bond acceptors (Lipinski definition) is 17. The van der Waals surface area contributed by atoms with Crippen LogP contribution in [0.4, 0.5) is 5.13 Å². The molecule has 2 saturated carbocycles. The molecule has 5 aromatic rings. The van der Waals surface area contributed by atoms with E-state index in [1.807, 2.05) is 47.5 Å². The summed E-state index contributed by atoms with van der Waals surface area (Å²) in [6.07, 6.45) is 24.1. The first-order chi connectivity index (χ1) is 41.2. The van der Waals surface area contributed by atoms with Crippen molar-refractivity contribution < 1.29 is 62.1 Å². The van der Waals surface area contributed by atoms with Crippen LogP contribution in [0.2, 0.25) is 0 Å². The van der Waals surface area contributed by atoms with Crippen molar-refractivity contribution in [3.05, 3.63) is 122 Å². The molecule has 0 radical (unpaired) electrons. The van der Waals surface area contributed by atoms with Gasteiger partial charge in [-0.2, -0.15) is 9.99 Å². The summed E-state index contributed by atoms with van der Waals surface area (Å²) < 4.78 is 40.8. The van der Waals surface area contributed by atoms with Gasteiger partial charge in [-0.1, -0.05) is 68.7 Å². The molecule has 0 saturated heterocycles. The molecule has 17 heteroatoms. The summed E-state index contributed by atoms with van der Waals surface area (Å²) in [6, 6.07) is 27.8. The number of nitrogens with zero attached hydrogens (tertiary/aromatic N) is 3. The number of unbranched alkanes of at least 4 members (excludes halogenated alkanes) is 9. The third-order valence-corrected chi connectivity index (χ3v) is 15.7. The Morgan fingerprint density at radius 1 is 0.631 bits per heavy atom. The summed E-state index contributed by atoms with van der Waals surface area (Å²) in [4.78, 5) is 65.4. The number of hydrogen-bond donors (Lipinski definition) is 0. The molecule has 0 N–H and O–H groups in total. The van der Waals surface area contributed by atoms with Gasteiger partial charge in [0.1, 0.15) is 34.9 Å². The van der Waals surface area contributed by atoms with E-state index < -0.39 is 11.9 Å². The molecular formula is C67H81N3O13S. The average Bonchev–Trinajstić information content (AvgIpc) is 4.09. The van der Waals surface area contributed by atoms with E-state index in [-0.39, 0.29) is 35.6 Å². The highest BCUT2D eigenvalue weighted by atomic mass is 32.1. The highest BCUT2D eigenvalue weighted by Gasteiger charge is 2.29. The average molecular weight is 1170 g/mol. The molecule has 0 amide bonds. The maximum absolute atomic E-state index is 13.7. The number of thiazole rings is 1. The summed E-state index contributed by atoms with van der Waals surface area (Å²) in [5.74, 6) is 5.08. The van der Waals surface area contributed by atoms with Gasteiger partial charge in [0.05, 0.1) is 61.3 Å². The Balaban J connectivity index is 0.880. The van der Waals surface area contributed by atoms with Gasteiger partial charge < -0.3 is 38.0 Å². The molecule has 2 aliphatic carbocycles. The van der Waals surface area contributed by atoms with Gasteiger partial charge in [0.15, 0.2) is 5.75 Å². The first-order valence-electron chi connectivity index (χ1n) is 29.9. The molecule has 0 unspecified atom stereocenters. The zero-order valence-corrected chi connectivity index (χ0v) is 49.4. The molecule has 448 valence electrons. The van der Waals surface area contributed by atoms with Crippen LogP contribution >= 0.6 is 11.3 Å². The topological polar surface area (TPSA) is 180 Å². The summed E-state index contributed by atoms with van der Waals surface area (Å²) in [7, 11) is 0. The molecule has 2 fully saturated rings. The van der Waals surface area contributed by atoms with Gasteiger partial charge in [0, 0.05) is 30.2 Å². The van der Waals surface area contributed by atoms with E-state index in [2.05, 4.69) is 38.2 Å². The molecule has 1 aromatic heterocycles. The van der Waals surface area contributed by atoms with Crippen LogP contribution in [0.25, 0.3) is 10.2 Å². The molecule has 0 aliphatic heterocycles. The number of esters is 4. The number of aromatic nitrogens is 1. The van der Waals surface area contributed by atoms with Crippen molar-refractivity contribution in [3.8, 4) is 46.5 Å².